The zero-order chi connectivity index (χ0) is 23.9. The lowest BCUT2D eigenvalue weighted by Crippen LogP contribution is -2.17. The number of aryl methyl sites for hydroxylation is 2. The average Bonchev–Trinajstić information content (AvgIpc) is 3.18. The van der Waals surface area contributed by atoms with Gasteiger partial charge in [0.15, 0.2) is 0 Å². The van der Waals surface area contributed by atoms with Crippen LogP contribution in [0.4, 0.5) is 11.4 Å². The highest BCUT2D eigenvalue weighted by Gasteiger charge is 2.20. The van der Waals surface area contributed by atoms with Crippen molar-refractivity contribution >= 4 is 49.2 Å². The van der Waals surface area contributed by atoms with Gasteiger partial charge < -0.3 is 9.73 Å². The molecule has 5 rings (SSSR count). The van der Waals surface area contributed by atoms with Crippen LogP contribution in [0, 0.1) is 13.8 Å². The minimum absolute atomic E-state index is 0.0520. The van der Waals surface area contributed by atoms with Crippen LogP contribution in [-0.2, 0) is 10.0 Å². The summed E-state index contributed by atoms with van der Waals surface area (Å²) in [6.45, 7) is 3.52. The lowest BCUT2D eigenvalue weighted by Gasteiger charge is -2.13. The molecular formula is C27H22N2O4S. The number of hydrogen-bond donors (Lipinski definition) is 2. The molecule has 0 fully saturated rings. The molecule has 1 aromatic heterocycles. The van der Waals surface area contributed by atoms with Crippen molar-refractivity contribution in [1.29, 1.82) is 0 Å². The van der Waals surface area contributed by atoms with E-state index in [1.165, 1.54) is 6.07 Å². The molecule has 5 aromatic rings. The molecule has 0 spiro atoms. The van der Waals surface area contributed by atoms with Crippen LogP contribution in [0.5, 0.6) is 0 Å². The number of fused-ring (bicyclic) bond motifs is 3. The second-order valence-corrected chi connectivity index (χ2v) is 9.81. The molecule has 6 nitrogen and oxygen atoms in total. The van der Waals surface area contributed by atoms with Crippen LogP contribution in [0.1, 0.15) is 21.5 Å². The highest BCUT2D eigenvalue weighted by atomic mass is 32.2. The zero-order valence-electron chi connectivity index (χ0n) is 18.6. The maximum Gasteiger partial charge on any atom is 0.262 e. The van der Waals surface area contributed by atoms with E-state index >= 15 is 0 Å². The Morgan fingerprint density at radius 3 is 2.32 bits per heavy atom. The average molecular weight is 471 g/mol. The van der Waals surface area contributed by atoms with E-state index in [4.69, 9.17) is 4.42 Å². The monoisotopic (exact) mass is 470 g/mol. The van der Waals surface area contributed by atoms with E-state index in [1.54, 1.807) is 43.3 Å². The molecule has 0 aliphatic carbocycles. The number of hydrogen-bond acceptors (Lipinski definition) is 4. The van der Waals surface area contributed by atoms with Gasteiger partial charge in [0.25, 0.3) is 15.9 Å². The predicted octanol–water partition coefficient (Wildman–Crippen LogP) is 6.26. The van der Waals surface area contributed by atoms with Gasteiger partial charge in [-0.25, -0.2) is 8.42 Å². The summed E-state index contributed by atoms with van der Waals surface area (Å²) in [5.41, 5.74) is 4.07. The van der Waals surface area contributed by atoms with Crippen molar-refractivity contribution < 1.29 is 17.6 Å². The molecule has 1 heterocycles. The molecule has 0 saturated carbocycles. The van der Waals surface area contributed by atoms with Crippen molar-refractivity contribution in [1.82, 2.24) is 0 Å². The van der Waals surface area contributed by atoms with Gasteiger partial charge in [0.05, 0.1) is 10.6 Å². The second-order valence-electron chi connectivity index (χ2n) is 8.16. The third-order valence-electron chi connectivity index (χ3n) is 5.77. The molecule has 0 bridgehead atoms. The Balaban J connectivity index is 1.43. The molecular weight excluding hydrogens is 448 g/mol. The van der Waals surface area contributed by atoms with Gasteiger partial charge in [0.2, 0.25) is 0 Å². The van der Waals surface area contributed by atoms with Crippen LogP contribution in [0.2, 0.25) is 0 Å². The van der Waals surface area contributed by atoms with Gasteiger partial charge in [-0.2, -0.15) is 0 Å². The molecule has 170 valence electrons. The van der Waals surface area contributed by atoms with Crippen molar-refractivity contribution in [3.63, 3.8) is 0 Å². The number of rotatable bonds is 5. The number of sulfonamides is 1. The van der Waals surface area contributed by atoms with Gasteiger partial charge >= 0.3 is 0 Å². The molecule has 4 aromatic carbocycles. The second kappa shape index (κ2) is 8.35. The van der Waals surface area contributed by atoms with E-state index in [-0.39, 0.29) is 10.5 Å². The fourth-order valence-electron chi connectivity index (χ4n) is 3.92. The first-order valence-electron chi connectivity index (χ1n) is 10.7. The van der Waals surface area contributed by atoms with Crippen molar-refractivity contribution in [2.24, 2.45) is 0 Å². The van der Waals surface area contributed by atoms with Gasteiger partial charge in [-0.05, 0) is 61.4 Å². The highest BCUT2D eigenvalue weighted by Crippen LogP contribution is 2.30. The summed E-state index contributed by atoms with van der Waals surface area (Å²) in [6, 6.07) is 25.0. The molecule has 34 heavy (non-hydrogen) atoms. The van der Waals surface area contributed by atoms with Gasteiger partial charge in [0, 0.05) is 28.1 Å². The fourth-order valence-corrected chi connectivity index (χ4v) is 5.33. The van der Waals surface area contributed by atoms with E-state index in [1.807, 2.05) is 49.4 Å². The number of anilines is 2. The van der Waals surface area contributed by atoms with Crippen LogP contribution < -0.4 is 10.0 Å². The lowest BCUT2D eigenvalue weighted by molar-refractivity contribution is 0.102. The first-order valence-corrected chi connectivity index (χ1v) is 12.2. The fraction of sp³-hybridized carbons (Fsp3) is 0.0741. The van der Waals surface area contributed by atoms with Crippen LogP contribution in [0.3, 0.4) is 0 Å². The number of amides is 1. The summed E-state index contributed by atoms with van der Waals surface area (Å²) in [7, 11) is -3.88. The third-order valence-corrected chi connectivity index (χ3v) is 7.27. The number of carbonyl (C=O) groups is 1. The van der Waals surface area contributed by atoms with Crippen molar-refractivity contribution in [3.05, 3.63) is 102 Å². The topological polar surface area (TPSA) is 88.4 Å². The maximum atomic E-state index is 13.1. The van der Waals surface area contributed by atoms with Gasteiger partial charge in [-0.15, -0.1) is 0 Å². The summed E-state index contributed by atoms with van der Waals surface area (Å²) in [6.07, 6.45) is 0. The smallest absolute Gasteiger partial charge is 0.262 e. The minimum Gasteiger partial charge on any atom is -0.456 e. The predicted molar refractivity (Wildman–Crippen MR) is 135 cm³/mol. The molecule has 0 atom stereocenters. The van der Waals surface area contributed by atoms with E-state index in [9.17, 15) is 13.2 Å². The zero-order valence-corrected chi connectivity index (χ0v) is 19.4. The number of furan rings is 1. The lowest BCUT2D eigenvalue weighted by atomic mass is 10.1. The van der Waals surface area contributed by atoms with Crippen LogP contribution in [0.15, 0.2) is 94.2 Å². The van der Waals surface area contributed by atoms with Gasteiger partial charge in [-0.1, -0.05) is 42.5 Å². The Kier molecular flexibility index (Phi) is 5.34. The normalized spacial score (nSPS) is 11.6. The number of benzene rings is 4. The maximum absolute atomic E-state index is 13.1. The van der Waals surface area contributed by atoms with Crippen LogP contribution in [0.25, 0.3) is 21.9 Å². The van der Waals surface area contributed by atoms with E-state index in [0.717, 1.165) is 21.9 Å². The number of carbonyl (C=O) groups excluding carboxylic acids is 1. The van der Waals surface area contributed by atoms with Crippen LogP contribution in [-0.4, -0.2) is 14.3 Å². The standard InChI is InChI=1S/C27H22N2O4S/c1-17-7-3-5-9-23(17)29-34(31,32)26-15-19(12-11-18(26)2)27(30)28-20-13-14-22-21-8-4-6-10-24(21)33-25(22)16-20/h3-16,29H,1-2H3,(H,28,30). The van der Waals surface area contributed by atoms with Crippen molar-refractivity contribution in [2.75, 3.05) is 10.0 Å². The largest absolute Gasteiger partial charge is 0.456 e. The Labute approximate surface area is 197 Å². The van der Waals surface area contributed by atoms with E-state index < -0.39 is 15.9 Å². The Bertz CT molecular complexity index is 1670. The van der Waals surface area contributed by atoms with Gasteiger partial charge in [-0.3, -0.25) is 9.52 Å². The molecule has 0 aliphatic heterocycles. The van der Waals surface area contributed by atoms with Crippen molar-refractivity contribution in [3.8, 4) is 0 Å². The minimum atomic E-state index is -3.88. The Hall–Kier alpha value is -4.10. The third kappa shape index (κ3) is 4.02. The summed E-state index contributed by atoms with van der Waals surface area (Å²) < 4.78 is 34.7. The van der Waals surface area contributed by atoms with Crippen molar-refractivity contribution in [2.45, 2.75) is 18.7 Å². The first kappa shape index (κ1) is 21.7. The number of para-hydroxylation sites is 2. The Morgan fingerprint density at radius 2 is 1.50 bits per heavy atom. The molecule has 7 heteroatoms. The molecule has 0 radical (unpaired) electrons. The SMILES string of the molecule is Cc1ccccc1NS(=O)(=O)c1cc(C(=O)Nc2ccc3c(c2)oc2ccccc23)ccc1C. The van der Waals surface area contributed by atoms with Crippen LogP contribution >= 0.6 is 0 Å². The molecule has 0 saturated heterocycles. The highest BCUT2D eigenvalue weighted by molar-refractivity contribution is 7.92. The molecule has 1 amide bonds. The van der Waals surface area contributed by atoms with Gasteiger partial charge in [0.1, 0.15) is 11.2 Å². The molecule has 0 unspecified atom stereocenters. The van der Waals surface area contributed by atoms with E-state index in [0.29, 0.717) is 22.5 Å². The molecule has 0 aliphatic rings. The quantitative estimate of drug-likeness (QED) is 0.317. The van der Waals surface area contributed by atoms with E-state index in [2.05, 4.69) is 10.0 Å². The molecule has 2 N–H and O–H groups in total. The Morgan fingerprint density at radius 1 is 0.765 bits per heavy atom. The summed E-state index contributed by atoms with van der Waals surface area (Å²) in [4.78, 5) is 13.0. The summed E-state index contributed by atoms with van der Waals surface area (Å²) in [5, 5.41) is 4.80. The summed E-state index contributed by atoms with van der Waals surface area (Å²) in [5.74, 6) is -0.414. The number of nitrogens with one attached hydrogen (secondary N) is 2. The first-order chi connectivity index (χ1) is 16.3. The summed E-state index contributed by atoms with van der Waals surface area (Å²) >= 11 is 0.